The third kappa shape index (κ3) is 2.64. The minimum atomic E-state index is -0.546. The van der Waals surface area contributed by atoms with Crippen molar-refractivity contribution in [3.8, 4) is 6.07 Å². The lowest BCUT2D eigenvalue weighted by molar-refractivity contribution is -0.385. The SMILES string of the molecule is N#Cc1ccc(Sc2ccncc2)cc1[N+](=O)[O-]. The Morgan fingerprint density at radius 1 is 1.22 bits per heavy atom. The van der Waals surface area contributed by atoms with Gasteiger partial charge in [0.15, 0.2) is 0 Å². The van der Waals surface area contributed by atoms with Gasteiger partial charge < -0.3 is 0 Å². The highest BCUT2D eigenvalue weighted by atomic mass is 32.2. The van der Waals surface area contributed by atoms with Crippen molar-refractivity contribution in [1.82, 2.24) is 4.98 Å². The van der Waals surface area contributed by atoms with E-state index in [9.17, 15) is 10.1 Å². The number of aromatic nitrogens is 1. The van der Waals surface area contributed by atoms with Crippen LogP contribution in [0.5, 0.6) is 0 Å². The van der Waals surface area contributed by atoms with Crippen LogP contribution in [0.1, 0.15) is 5.56 Å². The minimum absolute atomic E-state index is 0.0686. The predicted octanol–water partition coefficient (Wildman–Crippen LogP) is 3.01. The number of nitro benzene ring substituents is 1. The molecule has 2 aromatic rings. The van der Waals surface area contributed by atoms with Gasteiger partial charge >= 0.3 is 0 Å². The van der Waals surface area contributed by atoms with Gasteiger partial charge in [-0.2, -0.15) is 5.26 Å². The van der Waals surface area contributed by atoms with Crippen LogP contribution in [0.4, 0.5) is 5.69 Å². The maximum Gasteiger partial charge on any atom is 0.288 e. The van der Waals surface area contributed by atoms with Gasteiger partial charge in [-0.1, -0.05) is 11.8 Å². The summed E-state index contributed by atoms with van der Waals surface area (Å²) in [5, 5.41) is 19.6. The van der Waals surface area contributed by atoms with E-state index in [2.05, 4.69) is 4.98 Å². The molecule has 88 valence electrons. The summed E-state index contributed by atoms with van der Waals surface area (Å²) < 4.78 is 0. The summed E-state index contributed by atoms with van der Waals surface area (Å²) >= 11 is 1.38. The van der Waals surface area contributed by atoms with Gasteiger partial charge in [0, 0.05) is 28.3 Å². The zero-order valence-electron chi connectivity index (χ0n) is 9.11. The highest BCUT2D eigenvalue weighted by Gasteiger charge is 2.14. The maximum absolute atomic E-state index is 10.8. The second-order valence-corrected chi connectivity index (χ2v) is 4.48. The van der Waals surface area contributed by atoms with E-state index in [1.54, 1.807) is 18.5 Å². The van der Waals surface area contributed by atoms with Gasteiger partial charge in [-0.3, -0.25) is 15.1 Å². The lowest BCUT2D eigenvalue weighted by atomic mass is 10.2. The van der Waals surface area contributed by atoms with E-state index in [0.717, 1.165) is 4.90 Å². The van der Waals surface area contributed by atoms with Crippen LogP contribution in [0.15, 0.2) is 52.5 Å². The number of hydrogen-bond donors (Lipinski definition) is 0. The first-order valence-electron chi connectivity index (χ1n) is 4.97. The van der Waals surface area contributed by atoms with Crippen molar-refractivity contribution in [2.75, 3.05) is 0 Å². The van der Waals surface area contributed by atoms with Gasteiger partial charge in [0.05, 0.1) is 4.92 Å². The molecule has 6 heteroatoms. The van der Waals surface area contributed by atoms with Crippen LogP contribution in [0.2, 0.25) is 0 Å². The van der Waals surface area contributed by atoms with Crippen LogP contribution >= 0.6 is 11.8 Å². The molecular weight excluding hydrogens is 250 g/mol. The summed E-state index contributed by atoms with van der Waals surface area (Å²) in [5.41, 5.74) is -0.101. The average molecular weight is 257 g/mol. The van der Waals surface area contributed by atoms with E-state index in [1.807, 2.05) is 18.2 Å². The first kappa shape index (κ1) is 12.1. The number of hydrogen-bond acceptors (Lipinski definition) is 5. The topological polar surface area (TPSA) is 79.8 Å². The molecule has 0 spiro atoms. The third-order valence-electron chi connectivity index (χ3n) is 2.17. The van der Waals surface area contributed by atoms with Crippen LogP contribution in [0, 0.1) is 21.4 Å². The average Bonchev–Trinajstić information content (AvgIpc) is 2.40. The van der Waals surface area contributed by atoms with Crippen molar-refractivity contribution in [3.63, 3.8) is 0 Å². The highest BCUT2D eigenvalue weighted by Crippen LogP contribution is 2.31. The van der Waals surface area contributed by atoms with Gasteiger partial charge in [0.25, 0.3) is 5.69 Å². The van der Waals surface area contributed by atoms with E-state index in [0.29, 0.717) is 4.90 Å². The molecule has 1 aromatic heterocycles. The fourth-order valence-electron chi connectivity index (χ4n) is 1.36. The molecule has 18 heavy (non-hydrogen) atoms. The Hall–Kier alpha value is -2.39. The highest BCUT2D eigenvalue weighted by molar-refractivity contribution is 7.99. The maximum atomic E-state index is 10.8. The molecule has 0 aliphatic heterocycles. The largest absolute Gasteiger partial charge is 0.288 e. The molecule has 0 bridgehead atoms. The molecule has 0 saturated carbocycles. The van der Waals surface area contributed by atoms with E-state index in [-0.39, 0.29) is 11.3 Å². The second kappa shape index (κ2) is 5.29. The Balaban J connectivity index is 2.34. The molecule has 1 aromatic carbocycles. The summed E-state index contributed by atoms with van der Waals surface area (Å²) in [6.07, 6.45) is 3.31. The number of rotatable bonds is 3. The molecular formula is C12H7N3O2S. The molecule has 1 heterocycles. The Morgan fingerprint density at radius 3 is 2.56 bits per heavy atom. The molecule has 0 fully saturated rings. The van der Waals surface area contributed by atoms with Crippen molar-refractivity contribution in [2.24, 2.45) is 0 Å². The van der Waals surface area contributed by atoms with Gasteiger partial charge in [-0.05, 0) is 24.3 Å². The normalized spacial score (nSPS) is 9.72. The van der Waals surface area contributed by atoms with Gasteiger partial charge in [-0.25, -0.2) is 0 Å². The van der Waals surface area contributed by atoms with Crippen LogP contribution in [-0.4, -0.2) is 9.91 Å². The number of nitro groups is 1. The van der Waals surface area contributed by atoms with Crippen molar-refractivity contribution >= 4 is 17.4 Å². The summed E-state index contributed by atoms with van der Waals surface area (Å²) in [4.78, 5) is 15.8. The zero-order chi connectivity index (χ0) is 13.0. The molecule has 0 aliphatic rings. The lowest BCUT2D eigenvalue weighted by Gasteiger charge is -2.01. The molecule has 0 unspecified atom stereocenters. The van der Waals surface area contributed by atoms with E-state index >= 15 is 0 Å². The summed E-state index contributed by atoms with van der Waals surface area (Å²) in [6.45, 7) is 0. The Labute approximate surface area is 107 Å². The van der Waals surface area contributed by atoms with Crippen molar-refractivity contribution < 1.29 is 4.92 Å². The van der Waals surface area contributed by atoms with Crippen molar-refractivity contribution in [3.05, 3.63) is 58.4 Å². The Kier molecular flexibility index (Phi) is 3.55. The van der Waals surface area contributed by atoms with E-state index in [4.69, 9.17) is 5.26 Å². The number of pyridine rings is 1. The van der Waals surface area contributed by atoms with Crippen LogP contribution < -0.4 is 0 Å². The molecule has 0 N–H and O–H groups in total. The summed E-state index contributed by atoms with van der Waals surface area (Å²) in [6, 6.07) is 9.99. The monoisotopic (exact) mass is 257 g/mol. The quantitative estimate of drug-likeness (QED) is 0.623. The molecule has 0 atom stereocenters. The van der Waals surface area contributed by atoms with E-state index < -0.39 is 4.92 Å². The molecule has 0 amide bonds. The number of nitriles is 1. The lowest BCUT2D eigenvalue weighted by Crippen LogP contribution is -1.92. The fourth-order valence-corrected chi connectivity index (χ4v) is 2.20. The molecule has 2 rings (SSSR count). The van der Waals surface area contributed by atoms with Crippen LogP contribution in [0.3, 0.4) is 0 Å². The number of nitrogens with zero attached hydrogens (tertiary/aromatic N) is 3. The van der Waals surface area contributed by atoms with Gasteiger partial charge in [0.1, 0.15) is 11.6 Å². The predicted molar refractivity (Wildman–Crippen MR) is 66.2 cm³/mol. The zero-order valence-corrected chi connectivity index (χ0v) is 9.92. The van der Waals surface area contributed by atoms with E-state index in [1.165, 1.54) is 23.9 Å². The van der Waals surface area contributed by atoms with Crippen LogP contribution in [0.25, 0.3) is 0 Å². The first-order chi connectivity index (χ1) is 8.70. The summed E-state index contributed by atoms with van der Waals surface area (Å²) in [5.74, 6) is 0. The minimum Gasteiger partial charge on any atom is -0.265 e. The second-order valence-electron chi connectivity index (χ2n) is 3.33. The third-order valence-corrected chi connectivity index (χ3v) is 3.17. The Bertz CT molecular complexity index is 623. The van der Waals surface area contributed by atoms with Gasteiger partial charge in [0.2, 0.25) is 0 Å². The first-order valence-corrected chi connectivity index (χ1v) is 5.79. The molecule has 5 nitrogen and oxygen atoms in total. The number of benzene rings is 1. The molecule has 0 aliphatic carbocycles. The van der Waals surface area contributed by atoms with Crippen molar-refractivity contribution in [2.45, 2.75) is 9.79 Å². The molecule has 0 radical (unpaired) electrons. The molecule has 0 saturated heterocycles. The van der Waals surface area contributed by atoms with Crippen LogP contribution in [-0.2, 0) is 0 Å². The fraction of sp³-hybridized carbons (Fsp3) is 0. The van der Waals surface area contributed by atoms with Crippen molar-refractivity contribution in [1.29, 1.82) is 5.26 Å². The standard InChI is InChI=1S/C12H7N3O2S/c13-8-9-1-2-11(7-12(9)15(16)17)18-10-3-5-14-6-4-10/h1-7H. The Morgan fingerprint density at radius 2 is 1.94 bits per heavy atom. The smallest absolute Gasteiger partial charge is 0.265 e. The van der Waals surface area contributed by atoms with Gasteiger partial charge in [-0.15, -0.1) is 0 Å². The summed E-state index contributed by atoms with van der Waals surface area (Å²) in [7, 11) is 0.